The Kier molecular flexibility index (Phi) is 3.49. The SMILES string of the molecule is CNC(CC(=O)OC)c1ccc2c(c1)OCO2. The maximum Gasteiger partial charge on any atom is 0.307 e. The zero-order valence-electron chi connectivity index (χ0n) is 9.86. The quantitative estimate of drug-likeness (QED) is 0.798. The van der Waals surface area contributed by atoms with E-state index in [4.69, 9.17) is 9.47 Å². The fourth-order valence-corrected chi connectivity index (χ4v) is 1.77. The first-order valence-electron chi connectivity index (χ1n) is 5.38. The molecule has 5 nitrogen and oxygen atoms in total. The topological polar surface area (TPSA) is 56.8 Å². The van der Waals surface area contributed by atoms with Crippen molar-refractivity contribution in [3.05, 3.63) is 23.8 Å². The van der Waals surface area contributed by atoms with Crippen LogP contribution >= 0.6 is 0 Å². The van der Waals surface area contributed by atoms with Crippen LogP contribution in [0.5, 0.6) is 11.5 Å². The summed E-state index contributed by atoms with van der Waals surface area (Å²) in [6.07, 6.45) is 0.284. The number of hydrogen-bond donors (Lipinski definition) is 1. The fraction of sp³-hybridized carbons (Fsp3) is 0.417. The molecule has 0 saturated heterocycles. The van der Waals surface area contributed by atoms with E-state index < -0.39 is 0 Å². The fourth-order valence-electron chi connectivity index (χ4n) is 1.77. The van der Waals surface area contributed by atoms with Crippen molar-refractivity contribution in [2.45, 2.75) is 12.5 Å². The lowest BCUT2D eigenvalue weighted by atomic mass is 10.0. The van der Waals surface area contributed by atoms with Crippen molar-refractivity contribution in [1.29, 1.82) is 0 Å². The van der Waals surface area contributed by atoms with Gasteiger partial charge in [0.15, 0.2) is 11.5 Å². The molecule has 0 amide bonds. The summed E-state index contributed by atoms with van der Waals surface area (Å²) in [4.78, 5) is 11.3. The van der Waals surface area contributed by atoms with Gasteiger partial charge in [0.1, 0.15) is 0 Å². The molecular weight excluding hydrogens is 222 g/mol. The number of carbonyl (C=O) groups is 1. The first-order chi connectivity index (χ1) is 8.24. The highest BCUT2D eigenvalue weighted by Gasteiger charge is 2.19. The summed E-state index contributed by atoms with van der Waals surface area (Å²) in [5, 5.41) is 3.08. The molecule has 1 heterocycles. The normalized spacial score (nSPS) is 14.5. The smallest absolute Gasteiger partial charge is 0.307 e. The van der Waals surface area contributed by atoms with Crippen molar-refractivity contribution in [2.75, 3.05) is 21.0 Å². The molecule has 2 rings (SSSR count). The Morgan fingerprint density at radius 3 is 2.94 bits per heavy atom. The number of nitrogens with one attached hydrogen (secondary N) is 1. The Bertz CT molecular complexity index is 419. The van der Waals surface area contributed by atoms with Crippen molar-refractivity contribution < 1.29 is 19.0 Å². The average Bonchev–Trinajstić information content (AvgIpc) is 2.82. The van der Waals surface area contributed by atoms with Gasteiger partial charge in [-0.05, 0) is 24.7 Å². The lowest BCUT2D eigenvalue weighted by molar-refractivity contribution is -0.141. The van der Waals surface area contributed by atoms with E-state index in [-0.39, 0.29) is 25.2 Å². The van der Waals surface area contributed by atoms with Gasteiger partial charge in [-0.25, -0.2) is 0 Å². The first-order valence-corrected chi connectivity index (χ1v) is 5.38. The molecular formula is C12H15NO4. The minimum absolute atomic E-state index is 0.0862. The standard InChI is InChI=1S/C12H15NO4/c1-13-9(6-12(14)15-2)8-3-4-10-11(5-8)17-7-16-10/h3-5,9,13H,6-7H2,1-2H3. The number of carbonyl (C=O) groups excluding carboxylic acids is 1. The molecule has 0 radical (unpaired) electrons. The van der Waals surface area contributed by atoms with Crippen molar-refractivity contribution in [2.24, 2.45) is 0 Å². The molecule has 1 aromatic rings. The van der Waals surface area contributed by atoms with Crippen molar-refractivity contribution in [3.63, 3.8) is 0 Å². The summed E-state index contributed by atoms with van der Waals surface area (Å²) < 4.78 is 15.2. The molecule has 5 heteroatoms. The highest BCUT2D eigenvalue weighted by molar-refractivity contribution is 5.70. The zero-order valence-corrected chi connectivity index (χ0v) is 9.86. The van der Waals surface area contributed by atoms with E-state index in [9.17, 15) is 4.79 Å². The van der Waals surface area contributed by atoms with Crippen LogP contribution in [-0.2, 0) is 9.53 Å². The Labute approximate surface area is 99.7 Å². The van der Waals surface area contributed by atoms with Crippen molar-refractivity contribution in [1.82, 2.24) is 5.32 Å². The molecule has 0 spiro atoms. The summed E-state index contributed by atoms with van der Waals surface area (Å²) in [5.41, 5.74) is 0.974. The Balaban J connectivity index is 2.16. The van der Waals surface area contributed by atoms with Gasteiger partial charge in [0.05, 0.1) is 13.5 Å². The van der Waals surface area contributed by atoms with Crippen LogP contribution in [0.3, 0.4) is 0 Å². The van der Waals surface area contributed by atoms with Gasteiger partial charge in [0.2, 0.25) is 6.79 Å². The molecule has 0 saturated carbocycles. The van der Waals surface area contributed by atoms with Crippen molar-refractivity contribution in [3.8, 4) is 11.5 Å². The van der Waals surface area contributed by atoms with Gasteiger partial charge in [-0.1, -0.05) is 6.07 Å². The summed E-state index contributed by atoms with van der Waals surface area (Å²) in [6, 6.07) is 5.56. The second-order valence-electron chi connectivity index (χ2n) is 3.73. The zero-order chi connectivity index (χ0) is 12.3. The molecule has 0 aromatic heterocycles. The van der Waals surface area contributed by atoms with Crippen LogP contribution in [0, 0.1) is 0 Å². The average molecular weight is 237 g/mol. The predicted octanol–water partition coefficient (Wildman–Crippen LogP) is 1.24. The van der Waals surface area contributed by atoms with E-state index in [1.807, 2.05) is 18.2 Å². The van der Waals surface area contributed by atoms with Crippen LogP contribution in [0.25, 0.3) is 0 Å². The van der Waals surface area contributed by atoms with Gasteiger partial charge in [-0.3, -0.25) is 4.79 Å². The van der Waals surface area contributed by atoms with E-state index in [1.54, 1.807) is 7.05 Å². The first kappa shape index (κ1) is 11.7. The second kappa shape index (κ2) is 5.05. The summed E-state index contributed by atoms with van der Waals surface area (Å²) in [7, 11) is 3.19. The Morgan fingerprint density at radius 2 is 2.24 bits per heavy atom. The summed E-state index contributed by atoms with van der Waals surface area (Å²) in [5.74, 6) is 1.20. The monoisotopic (exact) mass is 237 g/mol. The number of methoxy groups -OCH3 is 1. The third-order valence-corrected chi connectivity index (χ3v) is 2.75. The van der Waals surface area contributed by atoms with E-state index >= 15 is 0 Å². The largest absolute Gasteiger partial charge is 0.469 e. The molecule has 1 aliphatic rings. The molecule has 92 valence electrons. The van der Waals surface area contributed by atoms with Crippen LogP contribution in [0.1, 0.15) is 18.0 Å². The van der Waals surface area contributed by atoms with Gasteiger partial charge >= 0.3 is 5.97 Å². The number of fused-ring (bicyclic) bond motifs is 1. The van der Waals surface area contributed by atoms with Crippen LogP contribution in [0.2, 0.25) is 0 Å². The van der Waals surface area contributed by atoms with E-state index in [1.165, 1.54) is 7.11 Å². The van der Waals surface area contributed by atoms with Crippen molar-refractivity contribution >= 4 is 5.97 Å². The number of esters is 1. The molecule has 0 aliphatic carbocycles. The molecule has 0 bridgehead atoms. The third-order valence-electron chi connectivity index (χ3n) is 2.75. The molecule has 1 N–H and O–H groups in total. The Hall–Kier alpha value is -1.75. The van der Waals surface area contributed by atoms with Gasteiger partial charge in [0, 0.05) is 6.04 Å². The third kappa shape index (κ3) is 2.50. The molecule has 1 aromatic carbocycles. The summed E-state index contributed by atoms with van der Waals surface area (Å²) in [6.45, 7) is 0.250. The predicted molar refractivity (Wildman–Crippen MR) is 61.0 cm³/mol. The van der Waals surface area contributed by atoms with Gasteiger partial charge in [-0.15, -0.1) is 0 Å². The minimum atomic E-state index is -0.248. The van der Waals surface area contributed by atoms with E-state index in [0.29, 0.717) is 5.75 Å². The van der Waals surface area contributed by atoms with Crippen LogP contribution in [-0.4, -0.2) is 26.9 Å². The van der Waals surface area contributed by atoms with E-state index in [2.05, 4.69) is 10.1 Å². The minimum Gasteiger partial charge on any atom is -0.469 e. The maximum atomic E-state index is 11.3. The maximum absolute atomic E-state index is 11.3. The number of rotatable bonds is 4. The number of hydrogen-bond acceptors (Lipinski definition) is 5. The second-order valence-corrected chi connectivity index (χ2v) is 3.73. The Morgan fingerprint density at radius 1 is 1.47 bits per heavy atom. The molecule has 1 unspecified atom stereocenters. The van der Waals surface area contributed by atoms with Crippen LogP contribution < -0.4 is 14.8 Å². The molecule has 1 aliphatic heterocycles. The molecule has 17 heavy (non-hydrogen) atoms. The highest BCUT2D eigenvalue weighted by Crippen LogP contribution is 2.34. The highest BCUT2D eigenvalue weighted by atomic mass is 16.7. The van der Waals surface area contributed by atoms with Crippen LogP contribution in [0.15, 0.2) is 18.2 Å². The lowest BCUT2D eigenvalue weighted by Crippen LogP contribution is -2.20. The number of ether oxygens (including phenoxy) is 3. The molecule has 1 atom stereocenters. The van der Waals surface area contributed by atoms with Crippen LogP contribution in [0.4, 0.5) is 0 Å². The van der Waals surface area contributed by atoms with Gasteiger partial charge in [0.25, 0.3) is 0 Å². The molecule has 0 fully saturated rings. The van der Waals surface area contributed by atoms with Gasteiger partial charge in [-0.2, -0.15) is 0 Å². The van der Waals surface area contributed by atoms with Gasteiger partial charge < -0.3 is 19.5 Å². The number of benzene rings is 1. The van der Waals surface area contributed by atoms with E-state index in [0.717, 1.165) is 11.3 Å². The summed E-state index contributed by atoms with van der Waals surface area (Å²) >= 11 is 0. The lowest BCUT2D eigenvalue weighted by Gasteiger charge is -2.15.